The van der Waals surface area contributed by atoms with Gasteiger partial charge >= 0.3 is 0 Å². The van der Waals surface area contributed by atoms with Crippen LogP contribution in [0.25, 0.3) is 0 Å². The van der Waals surface area contributed by atoms with Gasteiger partial charge in [0.15, 0.2) is 0 Å². The van der Waals surface area contributed by atoms with Crippen LogP contribution in [0.1, 0.15) is 51.4 Å². The highest BCUT2D eigenvalue weighted by Crippen LogP contribution is 2.38. The van der Waals surface area contributed by atoms with Crippen LogP contribution in [0, 0.1) is 5.92 Å². The molecule has 0 atom stereocenters. The minimum atomic E-state index is -2.55. The van der Waals surface area contributed by atoms with Gasteiger partial charge in [-0.25, -0.2) is 8.78 Å². The van der Waals surface area contributed by atoms with Crippen LogP contribution in [0.2, 0.25) is 0 Å². The van der Waals surface area contributed by atoms with E-state index in [0.29, 0.717) is 18.9 Å². The smallest absolute Gasteiger partial charge is 0.248 e. The van der Waals surface area contributed by atoms with Gasteiger partial charge in [0.25, 0.3) is 0 Å². The van der Waals surface area contributed by atoms with Crippen molar-refractivity contribution in [1.29, 1.82) is 0 Å². The van der Waals surface area contributed by atoms with Gasteiger partial charge in [0.05, 0.1) is 0 Å². The molecule has 0 aromatic carbocycles. The van der Waals surface area contributed by atoms with Crippen molar-refractivity contribution in [2.75, 3.05) is 11.9 Å². The predicted octanol–water partition coefficient (Wildman–Crippen LogP) is 3.98. The topological polar surface area (TPSA) is 20.3 Å². The summed E-state index contributed by atoms with van der Waals surface area (Å²) in [4.78, 5) is 14.5. The molecule has 0 unspecified atom stereocenters. The summed E-state index contributed by atoms with van der Waals surface area (Å²) < 4.78 is 26.3. The van der Waals surface area contributed by atoms with Crippen LogP contribution < -0.4 is 0 Å². The van der Waals surface area contributed by atoms with Crippen LogP contribution in [0.4, 0.5) is 8.78 Å². The third-order valence-electron chi connectivity index (χ3n) is 4.40. The Bertz CT molecular complexity index is 311. The van der Waals surface area contributed by atoms with Gasteiger partial charge in [-0.1, -0.05) is 15.9 Å². The van der Waals surface area contributed by atoms with Gasteiger partial charge < -0.3 is 4.90 Å². The van der Waals surface area contributed by atoms with Gasteiger partial charge in [0.1, 0.15) is 0 Å². The zero-order chi connectivity index (χ0) is 13.9. The molecule has 0 saturated heterocycles. The molecular weight excluding hydrogens is 316 g/mol. The molecule has 0 aliphatic heterocycles. The number of hydrogen-bond donors (Lipinski definition) is 0. The maximum atomic E-state index is 13.1. The van der Waals surface area contributed by atoms with Crippen LogP contribution in [0.5, 0.6) is 0 Å². The molecule has 0 aromatic rings. The summed E-state index contributed by atoms with van der Waals surface area (Å²) in [7, 11) is 0. The molecule has 0 spiro atoms. The second kappa shape index (κ2) is 6.51. The SMILES string of the molecule is O=C(C1CCC(F)(F)CC1)N(CCCBr)C1CCC1. The molecule has 0 radical (unpaired) electrons. The summed E-state index contributed by atoms with van der Waals surface area (Å²) >= 11 is 3.39. The monoisotopic (exact) mass is 337 g/mol. The molecule has 19 heavy (non-hydrogen) atoms. The summed E-state index contributed by atoms with van der Waals surface area (Å²) in [6.45, 7) is 0.766. The van der Waals surface area contributed by atoms with Gasteiger partial charge in [-0.15, -0.1) is 0 Å². The summed E-state index contributed by atoms with van der Waals surface area (Å²) in [6.07, 6.45) is 4.73. The zero-order valence-electron chi connectivity index (χ0n) is 11.2. The lowest BCUT2D eigenvalue weighted by atomic mass is 9.84. The van der Waals surface area contributed by atoms with Crippen LogP contribution in [0.3, 0.4) is 0 Å². The van der Waals surface area contributed by atoms with Gasteiger partial charge in [-0.2, -0.15) is 0 Å². The van der Waals surface area contributed by atoms with E-state index in [2.05, 4.69) is 15.9 Å². The van der Waals surface area contributed by atoms with Gasteiger partial charge in [-0.3, -0.25) is 4.79 Å². The Balaban J connectivity index is 1.91. The predicted molar refractivity (Wildman–Crippen MR) is 74.7 cm³/mol. The van der Waals surface area contributed by atoms with E-state index in [1.807, 2.05) is 4.90 Å². The van der Waals surface area contributed by atoms with Gasteiger partial charge in [0, 0.05) is 36.7 Å². The van der Waals surface area contributed by atoms with E-state index in [1.165, 1.54) is 6.42 Å². The number of rotatable bonds is 5. The first kappa shape index (κ1) is 15.2. The highest BCUT2D eigenvalue weighted by atomic mass is 79.9. The third kappa shape index (κ3) is 3.89. The highest BCUT2D eigenvalue weighted by Gasteiger charge is 2.40. The van der Waals surface area contributed by atoms with Crippen LogP contribution in [-0.2, 0) is 4.79 Å². The van der Waals surface area contributed by atoms with Gasteiger partial charge in [-0.05, 0) is 38.5 Å². The molecule has 0 bridgehead atoms. The largest absolute Gasteiger partial charge is 0.339 e. The van der Waals surface area contributed by atoms with Crippen molar-refractivity contribution in [2.24, 2.45) is 5.92 Å². The van der Waals surface area contributed by atoms with E-state index in [-0.39, 0.29) is 24.7 Å². The Hall–Kier alpha value is -0.190. The molecular formula is C14H22BrF2NO. The number of amides is 1. The van der Waals surface area contributed by atoms with Crippen molar-refractivity contribution in [3.05, 3.63) is 0 Å². The minimum absolute atomic E-state index is 0.125. The average Bonchev–Trinajstić information content (AvgIpc) is 2.31. The fourth-order valence-electron chi connectivity index (χ4n) is 2.92. The third-order valence-corrected chi connectivity index (χ3v) is 4.96. The Labute approximate surface area is 122 Å². The van der Waals surface area contributed by atoms with E-state index in [9.17, 15) is 13.6 Å². The first-order chi connectivity index (χ1) is 9.03. The molecule has 0 aromatic heterocycles. The summed E-state index contributed by atoms with van der Waals surface area (Å²) in [5, 5.41) is 0.881. The molecule has 2 aliphatic carbocycles. The van der Waals surface area contributed by atoms with E-state index in [0.717, 1.165) is 31.1 Å². The molecule has 2 fully saturated rings. The molecule has 0 N–H and O–H groups in total. The summed E-state index contributed by atoms with van der Waals surface area (Å²) in [5.41, 5.74) is 0. The normalized spacial score (nSPS) is 23.9. The van der Waals surface area contributed by atoms with E-state index >= 15 is 0 Å². The Morgan fingerprint density at radius 2 is 1.84 bits per heavy atom. The fourth-order valence-corrected chi connectivity index (χ4v) is 3.17. The minimum Gasteiger partial charge on any atom is -0.339 e. The van der Waals surface area contributed by atoms with Crippen molar-refractivity contribution in [3.63, 3.8) is 0 Å². The first-order valence-electron chi connectivity index (χ1n) is 7.28. The zero-order valence-corrected chi connectivity index (χ0v) is 12.8. The molecule has 2 saturated carbocycles. The number of carbonyl (C=O) groups excluding carboxylic acids is 1. The summed E-state index contributed by atoms with van der Waals surface area (Å²) in [6, 6.07) is 0.369. The molecule has 1 amide bonds. The van der Waals surface area contributed by atoms with Crippen molar-refractivity contribution < 1.29 is 13.6 Å². The lowest BCUT2D eigenvalue weighted by molar-refractivity contribution is -0.143. The molecule has 2 nitrogen and oxygen atoms in total. The van der Waals surface area contributed by atoms with Crippen molar-refractivity contribution in [2.45, 2.75) is 63.3 Å². The number of alkyl halides is 3. The highest BCUT2D eigenvalue weighted by molar-refractivity contribution is 9.09. The molecule has 2 rings (SSSR count). The van der Waals surface area contributed by atoms with Gasteiger partial charge in [0.2, 0.25) is 11.8 Å². The number of carbonyl (C=O) groups is 1. The Kier molecular flexibility index (Phi) is 5.21. The number of hydrogen-bond acceptors (Lipinski definition) is 1. The lowest BCUT2D eigenvalue weighted by Gasteiger charge is -2.40. The maximum Gasteiger partial charge on any atom is 0.248 e. The van der Waals surface area contributed by atoms with E-state index in [4.69, 9.17) is 0 Å². The van der Waals surface area contributed by atoms with Crippen molar-refractivity contribution in [3.8, 4) is 0 Å². The standard InChI is InChI=1S/C14H22BrF2NO/c15-9-2-10-18(12-3-1-4-12)13(19)11-5-7-14(16,17)8-6-11/h11-12H,1-10H2. The second-order valence-corrected chi connectivity index (χ2v) is 6.58. The Morgan fingerprint density at radius 1 is 1.21 bits per heavy atom. The first-order valence-corrected chi connectivity index (χ1v) is 8.40. The average molecular weight is 338 g/mol. The van der Waals surface area contributed by atoms with E-state index < -0.39 is 5.92 Å². The lowest BCUT2D eigenvalue weighted by Crippen LogP contribution is -2.48. The number of nitrogens with zero attached hydrogens (tertiary/aromatic N) is 1. The fraction of sp³-hybridized carbons (Fsp3) is 0.929. The second-order valence-electron chi connectivity index (χ2n) is 5.79. The van der Waals surface area contributed by atoms with E-state index in [1.54, 1.807) is 0 Å². The number of halogens is 3. The maximum absolute atomic E-state index is 13.1. The molecule has 110 valence electrons. The summed E-state index contributed by atoms with van der Waals surface area (Å²) in [5.74, 6) is -2.59. The van der Waals surface area contributed by atoms with Crippen LogP contribution >= 0.6 is 15.9 Å². The molecule has 0 heterocycles. The van der Waals surface area contributed by atoms with Crippen LogP contribution in [0.15, 0.2) is 0 Å². The van der Waals surface area contributed by atoms with Crippen molar-refractivity contribution >= 4 is 21.8 Å². The Morgan fingerprint density at radius 3 is 2.32 bits per heavy atom. The van der Waals surface area contributed by atoms with Crippen LogP contribution in [-0.4, -0.2) is 34.6 Å². The van der Waals surface area contributed by atoms with Crippen molar-refractivity contribution in [1.82, 2.24) is 4.90 Å². The quantitative estimate of drug-likeness (QED) is 0.695. The molecule has 5 heteroatoms. The molecule has 2 aliphatic rings.